The van der Waals surface area contributed by atoms with Crippen LogP contribution in [0.15, 0.2) is 0 Å². The van der Waals surface area contributed by atoms with E-state index in [0.717, 1.165) is 12.8 Å². The van der Waals surface area contributed by atoms with E-state index in [1.54, 1.807) is 0 Å². The number of methoxy groups -OCH3 is 1. The van der Waals surface area contributed by atoms with Gasteiger partial charge in [0.2, 0.25) is 5.28 Å². The van der Waals surface area contributed by atoms with Gasteiger partial charge in [0, 0.05) is 6.54 Å². The van der Waals surface area contributed by atoms with Crippen LogP contribution in [0.5, 0.6) is 0 Å². The highest BCUT2D eigenvalue weighted by atomic mass is 35.5. The Kier molecular flexibility index (Phi) is 4.09. The summed E-state index contributed by atoms with van der Waals surface area (Å²) in [5, 5.41) is 0.150. The number of anilines is 2. The first-order chi connectivity index (χ1) is 9.08. The zero-order valence-corrected chi connectivity index (χ0v) is 11.8. The number of nitrogens with two attached hydrogens (primary N) is 1. The Morgan fingerprint density at radius 2 is 2.32 bits per heavy atom. The summed E-state index contributed by atoms with van der Waals surface area (Å²) >= 11 is 5.92. The maximum Gasteiger partial charge on any atom is 0.328 e. The molecule has 6 nitrogen and oxygen atoms in total. The SMILES string of the molecule is CCc1nc(Cl)nc(N2CCCC2C(=O)OC)c1N. The molecule has 1 aliphatic heterocycles. The molecule has 0 aromatic carbocycles. The summed E-state index contributed by atoms with van der Waals surface area (Å²) in [5.74, 6) is 0.259. The molecular weight excluding hydrogens is 268 g/mol. The highest BCUT2D eigenvalue weighted by Crippen LogP contribution is 2.31. The van der Waals surface area contributed by atoms with Crippen LogP contribution in [0.2, 0.25) is 5.28 Å². The molecule has 0 spiro atoms. The number of nitrogens with zero attached hydrogens (tertiary/aromatic N) is 3. The van der Waals surface area contributed by atoms with Gasteiger partial charge >= 0.3 is 5.97 Å². The number of carbonyl (C=O) groups excluding carboxylic acids is 1. The molecule has 1 unspecified atom stereocenters. The zero-order chi connectivity index (χ0) is 14.0. The molecule has 2 heterocycles. The molecule has 0 bridgehead atoms. The van der Waals surface area contributed by atoms with Crippen molar-refractivity contribution in [2.45, 2.75) is 32.2 Å². The minimum absolute atomic E-state index is 0.150. The summed E-state index contributed by atoms with van der Waals surface area (Å²) in [6.07, 6.45) is 2.29. The van der Waals surface area contributed by atoms with Crippen molar-refractivity contribution < 1.29 is 9.53 Å². The fourth-order valence-electron chi connectivity index (χ4n) is 2.36. The lowest BCUT2D eigenvalue weighted by molar-refractivity contribution is -0.141. The van der Waals surface area contributed by atoms with Gasteiger partial charge in [0.05, 0.1) is 18.5 Å². The molecule has 1 aromatic rings. The molecule has 7 heteroatoms. The number of halogens is 1. The van der Waals surface area contributed by atoms with Gasteiger partial charge in [0.1, 0.15) is 6.04 Å². The Hall–Kier alpha value is -1.56. The van der Waals surface area contributed by atoms with Crippen LogP contribution in [0, 0.1) is 0 Å². The van der Waals surface area contributed by atoms with Crippen LogP contribution in [-0.4, -0.2) is 35.6 Å². The number of hydrogen-bond donors (Lipinski definition) is 1. The van der Waals surface area contributed by atoms with E-state index >= 15 is 0 Å². The highest BCUT2D eigenvalue weighted by molar-refractivity contribution is 6.28. The fraction of sp³-hybridized carbons (Fsp3) is 0.583. The first kappa shape index (κ1) is 13.9. The second-order valence-corrected chi connectivity index (χ2v) is 4.74. The normalized spacial score (nSPS) is 18.7. The van der Waals surface area contributed by atoms with E-state index in [0.29, 0.717) is 30.2 Å². The third-order valence-electron chi connectivity index (χ3n) is 3.31. The largest absolute Gasteiger partial charge is 0.467 e. The Labute approximate surface area is 116 Å². The van der Waals surface area contributed by atoms with E-state index in [-0.39, 0.29) is 17.3 Å². The molecule has 104 valence electrons. The topological polar surface area (TPSA) is 81.3 Å². The summed E-state index contributed by atoms with van der Waals surface area (Å²) in [5.41, 5.74) is 7.26. The third kappa shape index (κ3) is 2.58. The van der Waals surface area contributed by atoms with Crippen LogP contribution >= 0.6 is 11.6 Å². The molecule has 1 fully saturated rings. The summed E-state index contributed by atoms with van der Waals surface area (Å²) in [6.45, 7) is 2.65. The second kappa shape index (κ2) is 5.61. The number of aromatic nitrogens is 2. The van der Waals surface area contributed by atoms with Crippen LogP contribution in [0.25, 0.3) is 0 Å². The Balaban J connectivity index is 2.40. The Morgan fingerprint density at radius 3 is 2.95 bits per heavy atom. The molecule has 1 aliphatic rings. The van der Waals surface area contributed by atoms with Crippen molar-refractivity contribution >= 4 is 29.1 Å². The maximum atomic E-state index is 11.8. The molecule has 1 aromatic heterocycles. The van der Waals surface area contributed by atoms with Gasteiger partial charge in [-0.3, -0.25) is 0 Å². The summed E-state index contributed by atoms with van der Waals surface area (Å²) in [4.78, 5) is 21.9. The lowest BCUT2D eigenvalue weighted by Crippen LogP contribution is -2.38. The van der Waals surface area contributed by atoms with E-state index in [4.69, 9.17) is 22.1 Å². The first-order valence-corrected chi connectivity index (χ1v) is 6.62. The Morgan fingerprint density at radius 1 is 1.58 bits per heavy atom. The van der Waals surface area contributed by atoms with Crippen molar-refractivity contribution in [2.24, 2.45) is 0 Å². The van der Waals surface area contributed by atoms with Crippen molar-refractivity contribution in [1.29, 1.82) is 0 Å². The molecular formula is C12H17ClN4O2. The van der Waals surface area contributed by atoms with Gasteiger partial charge in [0.25, 0.3) is 0 Å². The van der Waals surface area contributed by atoms with Crippen LogP contribution in [0.3, 0.4) is 0 Å². The standard InChI is InChI=1S/C12H17ClN4O2/c1-3-7-9(14)10(16-12(13)15-7)17-6-4-5-8(17)11(18)19-2/h8H,3-6,14H2,1-2H3. The van der Waals surface area contributed by atoms with Gasteiger partial charge in [0.15, 0.2) is 5.82 Å². The minimum Gasteiger partial charge on any atom is -0.467 e. The molecule has 1 saturated heterocycles. The van der Waals surface area contributed by atoms with Crippen molar-refractivity contribution in [3.05, 3.63) is 11.0 Å². The quantitative estimate of drug-likeness (QED) is 0.668. The average Bonchev–Trinajstić information content (AvgIpc) is 2.89. The third-order valence-corrected chi connectivity index (χ3v) is 3.48. The monoisotopic (exact) mass is 284 g/mol. The molecule has 0 radical (unpaired) electrons. The fourth-order valence-corrected chi connectivity index (χ4v) is 2.55. The van der Waals surface area contributed by atoms with Gasteiger partial charge in [-0.05, 0) is 30.9 Å². The Bertz CT molecular complexity index is 495. The average molecular weight is 285 g/mol. The number of ether oxygens (including phenoxy) is 1. The molecule has 19 heavy (non-hydrogen) atoms. The van der Waals surface area contributed by atoms with E-state index in [2.05, 4.69) is 9.97 Å². The number of aryl methyl sites for hydroxylation is 1. The number of carbonyl (C=O) groups is 1. The summed E-state index contributed by atoms with van der Waals surface area (Å²) < 4.78 is 4.81. The predicted molar refractivity (Wildman–Crippen MR) is 73.2 cm³/mol. The van der Waals surface area contributed by atoms with Gasteiger partial charge < -0.3 is 15.4 Å². The highest BCUT2D eigenvalue weighted by Gasteiger charge is 2.34. The first-order valence-electron chi connectivity index (χ1n) is 6.24. The molecule has 0 amide bonds. The van der Waals surface area contributed by atoms with Crippen molar-refractivity contribution in [2.75, 3.05) is 24.3 Å². The predicted octanol–water partition coefficient (Wildman–Crippen LogP) is 1.42. The van der Waals surface area contributed by atoms with Crippen LogP contribution in [-0.2, 0) is 16.0 Å². The summed E-state index contributed by atoms with van der Waals surface area (Å²) in [7, 11) is 1.38. The van der Waals surface area contributed by atoms with E-state index < -0.39 is 0 Å². The minimum atomic E-state index is -0.344. The number of rotatable bonds is 3. The summed E-state index contributed by atoms with van der Waals surface area (Å²) in [6, 6.07) is -0.344. The van der Waals surface area contributed by atoms with E-state index in [1.807, 2.05) is 11.8 Å². The van der Waals surface area contributed by atoms with Crippen LogP contribution in [0.1, 0.15) is 25.5 Å². The van der Waals surface area contributed by atoms with Crippen molar-refractivity contribution in [1.82, 2.24) is 9.97 Å². The number of nitrogen functional groups attached to an aromatic ring is 1. The molecule has 2 N–H and O–H groups in total. The van der Waals surface area contributed by atoms with Crippen molar-refractivity contribution in [3.63, 3.8) is 0 Å². The number of hydrogen-bond acceptors (Lipinski definition) is 6. The van der Waals surface area contributed by atoms with Gasteiger partial charge in [-0.2, -0.15) is 4.98 Å². The molecule has 0 saturated carbocycles. The van der Waals surface area contributed by atoms with Gasteiger partial charge in [-0.15, -0.1) is 0 Å². The van der Waals surface area contributed by atoms with Gasteiger partial charge in [-0.25, -0.2) is 9.78 Å². The van der Waals surface area contributed by atoms with E-state index in [1.165, 1.54) is 7.11 Å². The van der Waals surface area contributed by atoms with E-state index in [9.17, 15) is 4.79 Å². The van der Waals surface area contributed by atoms with Gasteiger partial charge in [-0.1, -0.05) is 6.92 Å². The molecule has 0 aliphatic carbocycles. The number of esters is 1. The second-order valence-electron chi connectivity index (χ2n) is 4.40. The lowest BCUT2D eigenvalue weighted by atomic mass is 10.2. The lowest BCUT2D eigenvalue weighted by Gasteiger charge is -2.25. The molecule has 1 atom stereocenters. The molecule has 2 rings (SSSR count). The van der Waals surface area contributed by atoms with Crippen LogP contribution < -0.4 is 10.6 Å². The van der Waals surface area contributed by atoms with Crippen molar-refractivity contribution in [3.8, 4) is 0 Å². The zero-order valence-electron chi connectivity index (χ0n) is 11.0. The smallest absolute Gasteiger partial charge is 0.328 e. The maximum absolute atomic E-state index is 11.8. The van der Waals surface area contributed by atoms with Crippen LogP contribution in [0.4, 0.5) is 11.5 Å².